The van der Waals surface area contributed by atoms with Crippen LogP contribution in [0.15, 0.2) is 18.2 Å². The van der Waals surface area contributed by atoms with Crippen molar-refractivity contribution in [2.75, 3.05) is 12.0 Å². The van der Waals surface area contributed by atoms with Crippen LogP contribution in [0.2, 0.25) is 0 Å². The molecule has 1 aromatic rings. The Balaban J connectivity index is 1.85. The molecule has 1 saturated carbocycles. The second-order valence-corrected chi connectivity index (χ2v) is 4.65. The Labute approximate surface area is 115 Å². The summed E-state index contributed by atoms with van der Waals surface area (Å²) in [5.41, 5.74) is 2.21. The summed E-state index contributed by atoms with van der Waals surface area (Å²) in [5.74, 6) is 4.02. The molecular weight excluding hydrogens is 263 g/mol. The van der Waals surface area contributed by atoms with E-state index < -0.39 is 11.7 Å². The van der Waals surface area contributed by atoms with Crippen molar-refractivity contribution in [1.82, 2.24) is 10.6 Å². The molecule has 1 aliphatic carbocycles. The maximum absolute atomic E-state index is 13.4. The Morgan fingerprint density at radius 3 is 2.75 bits per heavy atom. The molecule has 1 aromatic carbocycles. The predicted molar refractivity (Wildman–Crippen MR) is 72.3 cm³/mol. The van der Waals surface area contributed by atoms with E-state index in [1.54, 1.807) is 0 Å². The molecule has 0 unspecified atom stereocenters. The van der Waals surface area contributed by atoms with Crippen LogP contribution >= 0.6 is 0 Å². The summed E-state index contributed by atoms with van der Waals surface area (Å²) in [5, 5.41) is 5.38. The summed E-state index contributed by atoms with van der Waals surface area (Å²) in [7, 11) is 0. The van der Waals surface area contributed by atoms with Crippen LogP contribution in [0.4, 0.5) is 10.1 Å². The van der Waals surface area contributed by atoms with E-state index in [4.69, 9.17) is 5.84 Å². The van der Waals surface area contributed by atoms with Crippen molar-refractivity contribution < 1.29 is 14.0 Å². The number of amides is 2. The Kier molecular flexibility index (Phi) is 4.52. The average molecular weight is 280 g/mol. The number of hydrogen-bond acceptors (Lipinski definition) is 4. The number of hydrogen-bond donors (Lipinski definition) is 4. The second-order valence-electron chi connectivity index (χ2n) is 4.65. The van der Waals surface area contributed by atoms with Crippen LogP contribution in [-0.4, -0.2) is 24.4 Å². The largest absolute Gasteiger partial charge is 0.353 e. The molecule has 0 saturated heterocycles. The third-order valence-corrected chi connectivity index (χ3v) is 2.98. The lowest BCUT2D eigenvalue weighted by molar-refractivity contribution is -0.121. The van der Waals surface area contributed by atoms with Crippen molar-refractivity contribution in [3.63, 3.8) is 0 Å². The summed E-state index contributed by atoms with van der Waals surface area (Å²) >= 11 is 0. The first-order valence-electron chi connectivity index (χ1n) is 6.44. The number of nitrogens with two attached hydrogens (primary N) is 1. The minimum Gasteiger partial charge on any atom is -0.353 e. The van der Waals surface area contributed by atoms with E-state index in [2.05, 4.69) is 16.1 Å². The van der Waals surface area contributed by atoms with Crippen molar-refractivity contribution in [2.24, 2.45) is 5.84 Å². The number of para-hydroxylation sites is 1. The van der Waals surface area contributed by atoms with E-state index in [9.17, 15) is 14.0 Å². The Morgan fingerprint density at radius 1 is 1.35 bits per heavy atom. The maximum atomic E-state index is 13.4. The van der Waals surface area contributed by atoms with Crippen molar-refractivity contribution in [3.8, 4) is 0 Å². The number of halogens is 1. The van der Waals surface area contributed by atoms with E-state index in [-0.39, 0.29) is 30.1 Å². The lowest BCUT2D eigenvalue weighted by atomic mass is 10.1. The van der Waals surface area contributed by atoms with Crippen LogP contribution in [0.3, 0.4) is 0 Å². The molecule has 1 fully saturated rings. The molecule has 20 heavy (non-hydrogen) atoms. The Morgan fingerprint density at radius 2 is 2.10 bits per heavy atom. The van der Waals surface area contributed by atoms with E-state index in [0.29, 0.717) is 6.04 Å². The molecule has 5 N–H and O–H groups in total. The van der Waals surface area contributed by atoms with Crippen molar-refractivity contribution in [2.45, 2.75) is 25.3 Å². The molecule has 0 aliphatic heterocycles. The number of carbonyl (C=O) groups is 2. The standard InChI is InChI=1S/C13H17FN4O2/c14-10-3-1-2-9(12(10)18-15)13(20)16-7-6-11(19)17-8-4-5-8/h1-3,8,18H,4-7,15H2,(H,16,20)(H,17,19). The molecule has 108 valence electrons. The highest BCUT2D eigenvalue weighted by Crippen LogP contribution is 2.19. The summed E-state index contributed by atoms with van der Waals surface area (Å²) < 4.78 is 13.4. The summed E-state index contributed by atoms with van der Waals surface area (Å²) in [6, 6.07) is 4.38. The summed E-state index contributed by atoms with van der Waals surface area (Å²) in [4.78, 5) is 23.3. The SMILES string of the molecule is NNc1c(F)cccc1C(=O)NCCC(=O)NC1CC1. The van der Waals surface area contributed by atoms with Crippen molar-refractivity contribution in [1.29, 1.82) is 0 Å². The fraction of sp³-hybridized carbons (Fsp3) is 0.385. The van der Waals surface area contributed by atoms with E-state index >= 15 is 0 Å². The van der Waals surface area contributed by atoms with Gasteiger partial charge in [0.1, 0.15) is 5.82 Å². The zero-order chi connectivity index (χ0) is 14.5. The minimum absolute atomic E-state index is 0.0626. The number of rotatable bonds is 6. The van der Waals surface area contributed by atoms with Gasteiger partial charge in [0.05, 0.1) is 11.3 Å². The van der Waals surface area contributed by atoms with Crippen LogP contribution in [0, 0.1) is 5.82 Å². The van der Waals surface area contributed by atoms with Crippen molar-refractivity contribution >= 4 is 17.5 Å². The van der Waals surface area contributed by atoms with Gasteiger partial charge in [-0.25, -0.2) is 4.39 Å². The molecule has 2 amide bonds. The van der Waals surface area contributed by atoms with Crippen LogP contribution < -0.4 is 21.9 Å². The maximum Gasteiger partial charge on any atom is 0.253 e. The Hall–Kier alpha value is -2.15. The highest BCUT2D eigenvalue weighted by molar-refractivity contribution is 5.99. The van der Waals surface area contributed by atoms with Gasteiger partial charge < -0.3 is 16.1 Å². The first-order valence-corrected chi connectivity index (χ1v) is 6.44. The number of nitrogen functional groups attached to an aromatic ring is 1. The highest BCUT2D eigenvalue weighted by atomic mass is 19.1. The third-order valence-electron chi connectivity index (χ3n) is 2.98. The monoisotopic (exact) mass is 280 g/mol. The summed E-state index contributed by atoms with van der Waals surface area (Å²) in [6.45, 7) is 0.192. The predicted octanol–water partition coefficient (Wildman–Crippen LogP) is 0.510. The Bertz CT molecular complexity index is 517. The fourth-order valence-electron chi connectivity index (χ4n) is 1.77. The van der Waals surface area contributed by atoms with Gasteiger partial charge >= 0.3 is 0 Å². The van der Waals surface area contributed by atoms with E-state index in [1.807, 2.05) is 0 Å². The number of carbonyl (C=O) groups excluding carboxylic acids is 2. The molecule has 7 heteroatoms. The fourth-order valence-corrected chi connectivity index (χ4v) is 1.77. The molecule has 0 heterocycles. The lowest BCUT2D eigenvalue weighted by Crippen LogP contribution is -2.32. The number of nitrogens with one attached hydrogen (secondary N) is 3. The van der Waals surface area contributed by atoms with E-state index in [1.165, 1.54) is 18.2 Å². The first kappa shape index (κ1) is 14.3. The van der Waals surface area contributed by atoms with Gasteiger partial charge in [0.25, 0.3) is 5.91 Å². The third kappa shape index (κ3) is 3.67. The van der Waals surface area contributed by atoms with Gasteiger partial charge in [-0.05, 0) is 25.0 Å². The smallest absolute Gasteiger partial charge is 0.253 e. The quantitative estimate of drug-likeness (QED) is 0.451. The molecule has 0 aromatic heterocycles. The topological polar surface area (TPSA) is 96.2 Å². The zero-order valence-electron chi connectivity index (χ0n) is 10.9. The average Bonchev–Trinajstić information content (AvgIpc) is 3.22. The van der Waals surface area contributed by atoms with Gasteiger partial charge in [-0.3, -0.25) is 15.4 Å². The minimum atomic E-state index is -0.605. The van der Waals surface area contributed by atoms with Crippen LogP contribution in [-0.2, 0) is 4.79 Å². The van der Waals surface area contributed by atoms with Crippen LogP contribution in [0.5, 0.6) is 0 Å². The number of hydrazine groups is 1. The van der Waals surface area contributed by atoms with Gasteiger partial charge in [-0.15, -0.1) is 0 Å². The highest BCUT2D eigenvalue weighted by Gasteiger charge is 2.23. The van der Waals surface area contributed by atoms with Gasteiger partial charge in [-0.2, -0.15) is 0 Å². The normalized spacial score (nSPS) is 13.7. The van der Waals surface area contributed by atoms with E-state index in [0.717, 1.165) is 12.8 Å². The molecule has 6 nitrogen and oxygen atoms in total. The van der Waals surface area contributed by atoms with Crippen LogP contribution in [0.25, 0.3) is 0 Å². The summed E-state index contributed by atoms with van der Waals surface area (Å²) in [6.07, 6.45) is 2.24. The molecule has 0 radical (unpaired) electrons. The van der Waals surface area contributed by atoms with Gasteiger partial charge in [-0.1, -0.05) is 6.07 Å². The molecule has 0 spiro atoms. The first-order chi connectivity index (χ1) is 9.61. The van der Waals surface area contributed by atoms with Gasteiger partial charge in [0.2, 0.25) is 5.91 Å². The van der Waals surface area contributed by atoms with Gasteiger partial charge in [0.15, 0.2) is 0 Å². The van der Waals surface area contributed by atoms with Crippen LogP contribution in [0.1, 0.15) is 29.6 Å². The molecule has 1 aliphatic rings. The molecule has 0 atom stereocenters. The molecular formula is C13H17FN4O2. The molecule has 0 bridgehead atoms. The molecule has 2 rings (SSSR count). The zero-order valence-corrected chi connectivity index (χ0v) is 10.9. The van der Waals surface area contributed by atoms with Gasteiger partial charge in [0, 0.05) is 19.0 Å². The lowest BCUT2D eigenvalue weighted by Gasteiger charge is -2.10. The number of anilines is 1. The van der Waals surface area contributed by atoms with Crippen molar-refractivity contribution in [3.05, 3.63) is 29.6 Å². The second kappa shape index (κ2) is 6.33. The number of benzene rings is 1.